The van der Waals surface area contributed by atoms with Crippen molar-refractivity contribution in [3.05, 3.63) is 35.9 Å². The van der Waals surface area contributed by atoms with E-state index in [1.54, 1.807) is 24.3 Å². The van der Waals surface area contributed by atoms with Crippen LogP contribution >= 0.6 is 0 Å². The molecule has 0 aliphatic heterocycles. The van der Waals surface area contributed by atoms with Crippen molar-refractivity contribution in [3.8, 4) is 0 Å². The van der Waals surface area contributed by atoms with Crippen molar-refractivity contribution in [1.29, 1.82) is 0 Å². The van der Waals surface area contributed by atoms with Gasteiger partial charge in [0.2, 0.25) is 5.97 Å². The molecule has 1 aromatic rings. The zero-order chi connectivity index (χ0) is 7.40. The molecule has 0 aliphatic rings. The van der Waals surface area contributed by atoms with Crippen LogP contribution in [-0.4, -0.2) is 13.1 Å². The van der Waals surface area contributed by atoms with E-state index < -0.39 is 0 Å². The van der Waals surface area contributed by atoms with Crippen LogP contribution in [0, 0.1) is 6.07 Å². The van der Waals surface area contributed by atoms with E-state index in [1.807, 2.05) is 0 Å². The second-order valence-corrected chi connectivity index (χ2v) is 1.77. The number of ether oxygens (including phenoxy) is 1. The topological polar surface area (TPSA) is 26.3 Å². The fourth-order valence-electron chi connectivity index (χ4n) is 0.630. The molecule has 52 valence electrons. The van der Waals surface area contributed by atoms with Gasteiger partial charge in [0.15, 0.2) is 0 Å². The number of benzene rings is 1. The zero-order valence-corrected chi connectivity index (χ0v) is 11.5. The maximum atomic E-state index is 10.8. The standard InChI is InChI=1S/C8H7O2.Rb/c1-10-8(9)7-5-3-2-4-6-7;/h2-5H,1H3;/q-1;+1. The number of esters is 1. The number of hydrogen-bond donors (Lipinski definition) is 0. The van der Waals surface area contributed by atoms with Crippen LogP contribution in [0.25, 0.3) is 0 Å². The van der Waals surface area contributed by atoms with Crippen LogP contribution < -0.4 is 58.2 Å². The van der Waals surface area contributed by atoms with E-state index in [9.17, 15) is 4.79 Å². The quantitative estimate of drug-likeness (QED) is 0.416. The molecule has 1 aromatic carbocycles. The number of carbonyl (C=O) groups excluding carboxylic acids is 1. The van der Waals surface area contributed by atoms with Crippen LogP contribution in [-0.2, 0) is 4.74 Å². The molecule has 0 spiro atoms. The first kappa shape index (κ1) is 11.5. The van der Waals surface area contributed by atoms with Gasteiger partial charge in [-0.2, -0.15) is 0 Å². The van der Waals surface area contributed by atoms with E-state index in [2.05, 4.69) is 10.8 Å². The van der Waals surface area contributed by atoms with E-state index >= 15 is 0 Å². The largest absolute Gasteiger partial charge is 1.00 e. The molecule has 0 heterocycles. The summed E-state index contributed by atoms with van der Waals surface area (Å²) in [6, 6.07) is 9.64. The van der Waals surface area contributed by atoms with Gasteiger partial charge in [-0.15, -0.1) is 30.3 Å². The molecule has 0 radical (unpaired) electrons. The monoisotopic (exact) mass is 220 g/mol. The second kappa shape index (κ2) is 6.06. The Bertz CT molecular complexity index is 221. The Morgan fingerprint density at radius 3 is 2.73 bits per heavy atom. The summed E-state index contributed by atoms with van der Waals surface area (Å²) < 4.78 is 4.47. The molecule has 0 saturated heterocycles. The molecule has 0 fully saturated rings. The molecular formula is C8H7O2Rb. The van der Waals surface area contributed by atoms with Gasteiger partial charge in [0.05, 0.1) is 7.11 Å². The third-order valence-electron chi connectivity index (χ3n) is 1.11. The summed E-state index contributed by atoms with van der Waals surface area (Å²) in [5.41, 5.74) is 0.463. The van der Waals surface area contributed by atoms with Crippen molar-refractivity contribution in [2.24, 2.45) is 0 Å². The molecule has 0 N–H and O–H groups in total. The number of hydrogen-bond acceptors (Lipinski definition) is 2. The Labute approximate surface area is 115 Å². The molecule has 0 saturated carbocycles. The Morgan fingerprint density at radius 1 is 1.55 bits per heavy atom. The molecule has 0 unspecified atom stereocenters. The average molecular weight is 221 g/mol. The molecule has 0 atom stereocenters. The first-order chi connectivity index (χ1) is 4.84. The predicted octanol–water partition coefficient (Wildman–Crippen LogP) is -1.72. The third-order valence-corrected chi connectivity index (χ3v) is 1.11. The summed E-state index contributed by atoms with van der Waals surface area (Å²) in [5, 5.41) is 0. The summed E-state index contributed by atoms with van der Waals surface area (Å²) in [6.07, 6.45) is 0. The molecule has 0 bridgehead atoms. The van der Waals surface area contributed by atoms with E-state index in [-0.39, 0.29) is 64.2 Å². The molecule has 2 nitrogen and oxygen atoms in total. The molecular weight excluding hydrogens is 214 g/mol. The van der Waals surface area contributed by atoms with Gasteiger partial charge in [0, 0.05) is 0 Å². The minimum atomic E-state index is -0.347. The van der Waals surface area contributed by atoms with E-state index in [1.165, 1.54) is 7.11 Å². The first-order valence-corrected chi connectivity index (χ1v) is 2.89. The molecule has 0 aromatic heterocycles. The Balaban J connectivity index is 0.000001000. The van der Waals surface area contributed by atoms with Crippen molar-refractivity contribution in [2.75, 3.05) is 7.11 Å². The Hall–Kier alpha value is 0.495. The van der Waals surface area contributed by atoms with E-state index in [4.69, 9.17) is 0 Å². The number of carbonyl (C=O) groups is 1. The van der Waals surface area contributed by atoms with Crippen molar-refractivity contribution < 1.29 is 67.7 Å². The van der Waals surface area contributed by atoms with Crippen LogP contribution in [0.4, 0.5) is 0 Å². The van der Waals surface area contributed by atoms with Gasteiger partial charge in [-0.05, 0) is 0 Å². The maximum absolute atomic E-state index is 10.8. The number of methoxy groups -OCH3 is 1. The van der Waals surface area contributed by atoms with Gasteiger partial charge in [0.25, 0.3) is 0 Å². The Kier molecular flexibility index (Phi) is 6.33. The van der Waals surface area contributed by atoms with Crippen LogP contribution in [0.5, 0.6) is 0 Å². The third kappa shape index (κ3) is 3.60. The summed E-state index contributed by atoms with van der Waals surface area (Å²) >= 11 is 0. The molecule has 1 rings (SSSR count). The molecule has 0 amide bonds. The summed E-state index contributed by atoms with van der Waals surface area (Å²) in [4.78, 5) is 10.8. The summed E-state index contributed by atoms with van der Waals surface area (Å²) in [5.74, 6) is -0.347. The van der Waals surface area contributed by atoms with Gasteiger partial charge in [-0.1, -0.05) is 5.56 Å². The maximum Gasteiger partial charge on any atom is 1.00 e. The summed E-state index contributed by atoms with van der Waals surface area (Å²) in [7, 11) is 1.35. The average Bonchev–Trinajstić information content (AvgIpc) is 2.05. The fraction of sp³-hybridized carbons (Fsp3) is 0.125. The zero-order valence-electron chi connectivity index (χ0n) is 6.63. The van der Waals surface area contributed by atoms with E-state index in [0.29, 0.717) is 5.56 Å². The van der Waals surface area contributed by atoms with Crippen molar-refractivity contribution in [1.82, 2.24) is 0 Å². The van der Waals surface area contributed by atoms with Crippen LogP contribution in [0.1, 0.15) is 10.4 Å². The van der Waals surface area contributed by atoms with Gasteiger partial charge < -0.3 is 9.53 Å². The van der Waals surface area contributed by atoms with Crippen LogP contribution in [0.15, 0.2) is 24.3 Å². The summed E-state index contributed by atoms with van der Waals surface area (Å²) in [6.45, 7) is 0. The van der Waals surface area contributed by atoms with Crippen LogP contribution in [0.3, 0.4) is 0 Å². The molecule has 0 aliphatic carbocycles. The smallest absolute Gasteiger partial charge is 0.509 e. The minimum absolute atomic E-state index is 0. The first-order valence-electron chi connectivity index (χ1n) is 2.89. The normalized spacial score (nSPS) is 8.09. The predicted molar refractivity (Wildman–Crippen MR) is 36.6 cm³/mol. The minimum Gasteiger partial charge on any atom is -0.509 e. The van der Waals surface area contributed by atoms with E-state index in [0.717, 1.165) is 0 Å². The number of rotatable bonds is 1. The van der Waals surface area contributed by atoms with Gasteiger partial charge in [-0.25, -0.2) is 0 Å². The Morgan fingerprint density at radius 2 is 2.27 bits per heavy atom. The van der Waals surface area contributed by atoms with Crippen LogP contribution in [0.2, 0.25) is 0 Å². The SMILES string of the molecule is COC(=O)c1[c-]cccc1.[Rb+]. The van der Waals surface area contributed by atoms with Crippen molar-refractivity contribution in [2.45, 2.75) is 0 Å². The van der Waals surface area contributed by atoms with Crippen molar-refractivity contribution in [3.63, 3.8) is 0 Å². The molecule has 3 heteroatoms. The fourth-order valence-corrected chi connectivity index (χ4v) is 0.630. The van der Waals surface area contributed by atoms with Crippen molar-refractivity contribution >= 4 is 5.97 Å². The molecule has 11 heavy (non-hydrogen) atoms. The van der Waals surface area contributed by atoms with Gasteiger partial charge in [-0.3, -0.25) is 0 Å². The van der Waals surface area contributed by atoms with Gasteiger partial charge in [0.1, 0.15) is 0 Å². The second-order valence-electron chi connectivity index (χ2n) is 1.77. The van der Waals surface area contributed by atoms with Gasteiger partial charge >= 0.3 is 58.2 Å².